The number of hydrogen-bond donors (Lipinski definition) is 1. The normalized spacial score (nSPS) is 10.8. The van der Waals surface area contributed by atoms with E-state index in [1.165, 1.54) is 5.56 Å². The Morgan fingerprint density at radius 1 is 1.26 bits per heavy atom. The van der Waals surface area contributed by atoms with E-state index in [0.29, 0.717) is 16.3 Å². The number of nitrogens with one attached hydrogen (secondary N) is 1. The first-order valence-corrected chi connectivity index (χ1v) is 7.35. The van der Waals surface area contributed by atoms with Gasteiger partial charge in [-0.05, 0) is 29.2 Å². The molecule has 2 heterocycles. The summed E-state index contributed by atoms with van der Waals surface area (Å²) < 4.78 is 2.37. The van der Waals surface area contributed by atoms with Crippen molar-refractivity contribution in [2.24, 2.45) is 0 Å². The highest BCUT2D eigenvalue weighted by molar-refractivity contribution is 7.71. The van der Waals surface area contributed by atoms with E-state index in [4.69, 9.17) is 23.8 Å². The predicted molar refractivity (Wildman–Crippen MR) is 81.3 cm³/mol. The molecule has 6 heteroatoms. The Labute approximate surface area is 124 Å². The molecular weight excluding hydrogens is 298 g/mol. The first-order valence-electron chi connectivity index (χ1n) is 5.68. The standard InChI is InChI=1S/C13H10ClN3S2/c14-10-6-7-19-11(10)12-15-13(18)17(16-12)8-9-4-2-1-3-5-9/h1-7H,8H2,(H,15,16,18). The van der Waals surface area contributed by atoms with Gasteiger partial charge in [0.2, 0.25) is 4.77 Å². The zero-order valence-corrected chi connectivity index (χ0v) is 12.2. The van der Waals surface area contributed by atoms with Gasteiger partial charge in [-0.3, -0.25) is 9.78 Å². The lowest BCUT2D eigenvalue weighted by Crippen LogP contribution is -2.01. The topological polar surface area (TPSA) is 33.6 Å². The molecular formula is C13H10ClN3S2. The van der Waals surface area contributed by atoms with Crippen molar-refractivity contribution in [2.45, 2.75) is 6.54 Å². The summed E-state index contributed by atoms with van der Waals surface area (Å²) in [7, 11) is 0. The molecule has 0 bridgehead atoms. The molecule has 1 N–H and O–H groups in total. The van der Waals surface area contributed by atoms with Gasteiger partial charge in [-0.1, -0.05) is 41.9 Å². The van der Waals surface area contributed by atoms with Crippen molar-refractivity contribution in [1.82, 2.24) is 14.8 Å². The second-order valence-electron chi connectivity index (χ2n) is 4.02. The van der Waals surface area contributed by atoms with E-state index in [9.17, 15) is 0 Å². The lowest BCUT2D eigenvalue weighted by atomic mass is 10.2. The molecule has 1 aromatic carbocycles. The van der Waals surface area contributed by atoms with Crippen LogP contribution in [0.1, 0.15) is 5.56 Å². The number of rotatable bonds is 3. The molecule has 0 atom stereocenters. The number of benzene rings is 1. The van der Waals surface area contributed by atoms with Crippen molar-refractivity contribution in [3.05, 3.63) is 57.1 Å². The molecule has 3 rings (SSSR count). The molecule has 96 valence electrons. The Balaban J connectivity index is 1.95. The number of hydrogen-bond acceptors (Lipinski definition) is 3. The smallest absolute Gasteiger partial charge is 0.216 e. The van der Waals surface area contributed by atoms with E-state index in [2.05, 4.69) is 22.2 Å². The highest BCUT2D eigenvalue weighted by atomic mass is 35.5. The van der Waals surface area contributed by atoms with Gasteiger partial charge in [0.25, 0.3) is 0 Å². The second kappa shape index (κ2) is 5.28. The third-order valence-corrected chi connectivity index (χ3v) is 4.35. The summed E-state index contributed by atoms with van der Waals surface area (Å²) in [5.74, 6) is 0.723. The van der Waals surface area contributed by atoms with Crippen LogP contribution in [0.4, 0.5) is 0 Å². The van der Waals surface area contributed by atoms with Crippen molar-refractivity contribution >= 4 is 35.2 Å². The minimum atomic E-state index is 0.531. The number of thiophene rings is 1. The first-order chi connectivity index (χ1) is 9.24. The molecule has 0 aliphatic carbocycles. The first kappa shape index (κ1) is 12.6. The zero-order chi connectivity index (χ0) is 13.2. The van der Waals surface area contributed by atoms with Crippen LogP contribution in [0.3, 0.4) is 0 Å². The molecule has 2 aromatic heterocycles. The fourth-order valence-electron chi connectivity index (χ4n) is 1.79. The van der Waals surface area contributed by atoms with Crippen molar-refractivity contribution in [1.29, 1.82) is 0 Å². The quantitative estimate of drug-likeness (QED) is 0.729. The summed E-state index contributed by atoms with van der Waals surface area (Å²) in [6.07, 6.45) is 0. The minimum absolute atomic E-state index is 0.531. The largest absolute Gasteiger partial charge is 0.278 e. The summed E-state index contributed by atoms with van der Waals surface area (Å²) in [5.41, 5.74) is 1.17. The summed E-state index contributed by atoms with van der Waals surface area (Å²) in [6, 6.07) is 12.0. The molecule has 0 spiro atoms. The summed E-state index contributed by atoms with van der Waals surface area (Å²) >= 11 is 12.9. The Morgan fingerprint density at radius 2 is 2.05 bits per heavy atom. The molecule has 3 nitrogen and oxygen atoms in total. The van der Waals surface area contributed by atoms with E-state index in [-0.39, 0.29) is 0 Å². The van der Waals surface area contributed by atoms with Gasteiger partial charge in [-0.2, -0.15) is 4.98 Å². The SMILES string of the molecule is S=c1nc(-c2sccc2Cl)[nH]n1Cc1ccccc1. The zero-order valence-electron chi connectivity index (χ0n) is 9.84. The predicted octanol–water partition coefficient (Wildman–Crippen LogP) is 4.37. The number of H-pyrrole nitrogens is 1. The average molecular weight is 308 g/mol. The molecule has 0 fully saturated rings. The lowest BCUT2D eigenvalue weighted by Gasteiger charge is -2.01. The summed E-state index contributed by atoms with van der Waals surface area (Å²) in [6.45, 7) is 0.676. The molecule has 0 unspecified atom stereocenters. The second-order valence-corrected chi connectivity index (χ2v) is 5.71. The molecule has 0 aliphatic rings. The van der Waals surface area contributed by atoms with E-state index in [1.54, 1.807) is 11.3 Å². The number of halogens is 1. The minimum Gasteiger partial charge on any atom is -0.278 e. The van der Waals surface area contributed by atoms with Gasteiger partial charge in [-0.15, -0.1) is 11.3 Å². The third kappa shape index (κ3) is 2.63. The monoisotopic (exact) mass is 307 g/mol. The summed E-state index contributed by atoms with van der Waals surface area (Å²) in [4.78, 5) is 5.27. The Hall–Kier alpha value is -1.43. The number of aromatic nitrogens is 3. The maximum Gasteiger partial charge on any atom is 0.216 e. The summed E-state index contributed by atoms with van der Waals surface area (Å²) in [5, 5.41) is 5.83. The van der Waals surface area contributed by atoms with Gasteiger partial charge in [0.1, 0.15) is 0 Å². The average Bonchev–Trinajstić information content (AvgIpc) is 2.98. The van der Waals surface area contributed by atoms with Crippen molar-refractivity contribution < 1.29 is 0 Å². The fourth-order valence-corrected chi connectivity index (χ4v) is 3.08. The van der Waals surface area contributed by atoms with E-state index in [1.807, 2.05) is 34.3 Å². The van der Waals surface area contributed by atoms with Crippen LogP contribution in [0.5, 0.6) is 0 Å². The lowest BCUT2D eigenvalue weighted by molar-refractivity contribution is 0.677. The van der Waals surface area contributed by atoms with Crippen LogP contribution < -0.4 is 0 Å². The molecule has 0 aliphatic heterocycles. The highest BCUT2D eigenvalue weighted by Crippen LogP contribution is 2.30. The number of aromatic amines is 1. The van der Waals surface area contributed by atoms with E-state index in [0.717, 1.165) is 10.7 Å². The van der Waals surface area contributed by atoms with Crippen molar-refractivity contribution in [2.75, 3.05) is 0 Å². The van der Waals surface area contributed by atoms with Gasteiger partial charge in [-0.25, -0.2) is 0 Å². The molecule has 0 saturated carbocycles. The molecule has 19 heavy (non-hydrogen) atoms. The van der Waals surface area contributed by atoms with E-state index < -0.39 is 0 Å². The van der Waals surface area contributed by atoms with Crippen LogP contribution >= 0.6 is 35.2 Å². The van der Waals surface area contributed by atoms with Gasteiger partial charge < -0.3 is 0 Å². The Kier molecular flexibility index (Phi) is 3.50. The van der Waals surface area contributed by atoms with Crippen LogP contribution in [0.2, 0.25) is 5.02 Å². The number of nitrogens with zero attached hydrogens (tertiary/aromatic N) is 2. The van der Waals surface area contributed by atoms with Crippen LogP contribution in [0, 0.1) is 4.77 Å². The van der Waals surface area contributed by atoms with Crippen molar-refractivity contribution in [3.63, 3.8) is 0 Å². The van der Waals surface area contributed by atoms with Crippen molar-refractivity contribution in [3.8, 4) is 10.7 Å². The van der Waals surface area contributed by atoms with Crippen LogP contribution in [0.15, 0.2) is 41.8 Å². The van der Waals surface area contributed by atoms with Gasteiger partial charge in [0.05, 0.1) is 16.4 Å². The van der Waals surface area contributed by atoms with Crippen LogP contribution in [-0.2, 0) is 6.54 Å². The van der Waals surface area contributed by atoms with Gasteiger partial charge in [0, 0.05) is 0 Å². The maximum atomic E-state index is 6.10. The van der Waals surface area contributed by atoms with Crippen LogP contribution in [0.25, 0.3) is 10.7 Å². The highest BCUT2D eigenvalue weighted by Gasteiger charge is 2.10. The maximum absolute atomic E-state index is 6.10. The Morgan fingerprint density at radius 3 is 2.74 bits per heavy atom. The molecule has 3 aromatic rings. The molecule has 0 saturated heterocycles. The third-order valence-electron chi connectivity index (χ3n) is 2.69. The van der Waals surface area contributed by atoms with Gasteiger partial charge in [0.15, 0.2) is 5.82 Å². The fraction of sp³-hybridized carbons (Fsp3) is 0.0769. The van der Waals surface area contributed by atoms with Gasteiger partial charge >= 0.3 is 0 Å². The molecule has 0 radical (unpaired) electrons. The molecule has 0 amide bonds. The van der Waals surface area contributed by atoms with Crippen LogP contribution in [-0.4, -0.2) is 14.8 Å². The Bertz CT molecular complexity index is 743. The van der Waals surface area contributed by atoms with E-state index >= 15 is 0 Å².